The van der Waals surface area contributed by atoms with Crippen molar-refractivity contribution in [3.05, 3.63) is 35.9 Å². The number of rotatable bonds is 16. The lowest BCUT2D eigenvalue weighted by atomic mass is 9.99. The number of carbonyl (C=O) groups excluding carboxylic acids is 5. The molecular weight excluding hydrogens is 598 g/mol. The minimum atomic E-state index is -1.92. The molecule has 1 saturated heterocycles. The van der Waals surface area contributed by atoms with E-state index < -0.39 is 48.6 Å². The van der Waals surface area contributed by atoms with Crippen molar-refractivity contribution in [3.8, 4) is 5.75 Å². The van der Waals surface area contributed by atoms with Gasteiger partial charge in [0.05, 0.1) is 5.69 Å². The number of ether oxygens (including phenoxy) is 3. The fraction of sp³-hybridized carbons (Fsp3) is 0.517. The summed E-state index contributed by atoms with van der Waals surface area (Å²) < 4.78 is 15.9. The summed E-state index contributed by atoms with van der Waals surface area (Å²) in [5.41, 5.74) is 0.483. The van der Waals surface area contributed by atoms with E-state index in [1.807, 2.05) is 0 Å². The van der Waals surface area contributed by atoms with Gasteiger partial charge in [-0.3, -0.25) is 28.9 Å². The van der Waals surface area contributed by atoms with E-state index in [2.05, 4.69) is 10.6 Å². The highest BCUT2D eigenvalue weighted by Gasteiger charge is 2.48. The second kappa shape index (κ2) is 16.6. The van der Waals surface area contributed by atoms with E-state index in [1.54, 1.807) is 6.92 Å². The molecule has 16 nitrogen and oxygen atoms in total. The Balaban J connectivity index is 1.54. The summed E-state index contributed by atoms with van der Waals surface area (Å²) in [5.74, 6) is -3.71. The number of imide groups is 1. The lowest BCUT2D eigenvalue weighted by Gasteiger charge is -2.38. The Labute approximate surface area is 257 Å². The van der Waals surface area contributed by atoms with Gasteiger partial charge in [-0.15, -0.1) is 0 Å². The number of carboxylic acid groups (broad SMARTS) is 1. The molecule has 3 rings (SSSR count). The second-order valence-corrected chi connectivity index (χ2v) is 10.3. The number of unbranched alkanes of at least 4 members (excludes halogenated alkanes) is 2. The summed E-state index contributed by atoms with van der Waals surface area (Å²) in [7, 11) is 0. The van der Waals surface area contributed by atoms with Crippen LogP contribution in [0, 0.1) is 0 Å². The molecule has 4 amide bonds. The molecule has 2 aliphatic rings. The maximum atomic E-state index is 12.7. The first-order chi connectivity index (χ1) is 21.4. The molecule has 1 aromatic rings. The maximum Gasteiger partial charge on any atom is 0.335 e. The molecule has 2 aliphatic heterocycles. The van der Waals surface area contributed by atoms with Crippen LogP contribution in [0.15, 0.2) is 30.4 Å². The number of hydrogen-bond acceptors (Lipinski definition) is 12. The zero-order valence-corrected chi connectivity index (χ0v) is 24.5. The van der Waals surface area contributed by atoms with Crippen LogP contribution in [0.4, 0.5) is 5.69 Å². The fourth-order valence-corrected chi connectivity index (χ4v) is 4.41. The molecule has 0 radical (unpaired) electrons. The number of hydrogen-bond donors (Lipinski definition) is 6. The number of aliphatic hydroxyl groups is 3. The Bertz CT molecular complexity index is 1280. The normalized spacial score (nSPS) is 22.7. The van der Waals surface area contributed by atoms with E-state index in [9.17, 15) is 49.2 Å². The maximum absolute atomic E-state index is 12.7. The first-order valence-corrected chi connectivity index (χ1v) is 14.4. The van der Waals surface area contributed by atoms with Crippen molar-refractivity contribution in [1.82, 2.24) is 10.2 Å². The van der Waals surface area contributed by atoms with E-state index in [0.29, 0.717) is 24.8 Å². The van der Waals surface area contributed by atoms with Crippen LogP contribution in [0.25, 0.3) is 0 Å². The second-order valence-electron chi connectivity index (χ2n) is 10.3. The van der Waals surface area contributed by atoms with Gasteiger partial charge in [-0.2, -0.15) is 0 Å². The number of aliphatic carboxylic acids is 1. The quantitative estimate of drug-likeness (QED) is 0.0752. The first-order valence-electron chi connectivity index (χ1n) is 14.4. The number of aliphatic hydroxyl groups excluding tert-OH is 3. The van der Waals surface area contributed by atoms with Gasteiger partial charge >= 0.3 is 11.9 Å². The SMILES string of the molecule is CCC(=O)OCc1ccc(OC2OC(C(=O)O)C(O)C(O)C2O)c(NC(=O)CCNC(=O)CCCCCN2C(=O)C=CC2=O)c1. The molecule has 5 atom stereocenters. The Kier molecular flexibility index (Phi) is 13.0. The van der Waals surface area contributed by atoms with Gasteiger partial charge < -0.3 is 45.3 Å². The molecule has 0 aliphatic carbocycles. The molecule has 2 heterocycles. The fourth-order valence-electron chi connectivity index (χ4n) is 4.41. The van der Waals surface area contributed by atoms with Gasteiger partial charge in [-0.1, -0.05) is 19.4 Å². The standard InChI is InChI=1S/C29H37N3O13/c1-2-23(37)43-15-16-7-8-18(44-29-26(40)24(38)25(39)27(45-29)28(41)42)17(14-16)31-20(34)11-12-30-19(33)6-4-3-5-13-32-21(35)9-10-22(32)36/h7-10,14,24-27,29,38-40H,2-6,11-13,15H2,1H3,(H,30,33)(H,31,34)(H,41,42). The molecule has 16 heteroatoms. The number of nitrogens with zero attached hydrogens (tertiary/aromatic N) is 1. The van der Waals surface area contributed by atoms with Crippen LogP contribution in [0.3, 0.4) is 0 Å². The van der Waals surface area contributed by atoms with Gasteiger partial charge in [0, 0.05) is 44.5 Å². The van der Waals surface area contributed by atoms with E-state index in [1.165, 1.54) is 30.4 Å². The molecular formula is C29H37N3O13. The monoisotopic (exact) mass is 635 g/mol. The van der Waals surface area contributed by atoms with Crippen LogP contribution < -0.4 is 15.4 Å². The number of esters is 1. The van der Waals surface area contributed by atoms with Crippen LogP contribution in [0.2, 0.25) is 0 Å². The highest BCUT2D eigenvalue weighted by molar-refractivity contribution is 6.12. The molecule has 246 valence electrons. The van der Waals surface area contributed by atoms with Crippen LogP contribution in [-0.4, -0.2) is 105 Å². The number of carbonyl (C=O) groups is 6. The molecule has 1 fully saturated rings. The average molecular weight is 636 g/mol. The average Bonchev–Trinajstić information content (AvgIpc) is 3.32. The zero-order chi connectivity index (χ0) is 33.1. The Morgan fingerprint density at radius 3 is 2.31 bits per heavy atom. The largest absolute Gasteiger partial charge is 0.479 e. The molecule has 45 heavy (non-hydrogen) atoms. The summed E-state index contributed by atoms with van der Waals surface area (Å²) >= 11 is 0. The third-order valence-corrected chi connectivity index (χ3v) is 6.92. The number of amides is 4. The molecule has 0 bridgehead atoms. The van der Waals surface area contributed by atoms with Crippen LogP contribution in [0.5, 0.6) is 5.75 Å². The topological polar surface area (TPSA) is 238 Å². The van der Waals surface area contributed by atoms with Crippen molar-refractivity contribution in [1.29, 1.82) is 0 Å². The van der Waals surface area contributed by atoms with Crippen LogP contribution in [-0.2, 0) is 44.8 Å². The summed E-state index contributed by atoms with van der Waals surface area (Å²) in [6, 6.07) is 4.26. The third-order valence-electron chi connectivity index (χ3n) is 6.92. The Hall–Kier alpha value is -4.38. The first kappa shape index (κ1) is 35.1. The molecule has 0 saturated carbocycles. The summed E-state index contributed by atoms with van der Waals surface area (Å²) in [6.45, 7) is 1.75. The van der Waals surface area contributed by atoms with Crippen LogP contribution in [0.1, 0.15) is 51.0 Å². The smallest absolute Gasteiger partial charge is 0.335 e. The van der Waals surface area contributed by atoms with Crippen molar-refractivity contribution in [3.63, 3.8) is 0 Å². The molecule has 0 spiro atoms. The van der Waals surface area contributed by atoms with Gasteiger partial charge in [0.15, 0.2) is 6.10 Å². The summed E-state index contributed by atoms with van der Waals surface area (Å²) in [6.07, 6.45) is -5.05. The highest BCUT2D eigenvalue weighted by Crippen LogP contribution is 2.31. The van der Waals surface area contributed by atoms with Crippen molar-refractivity contribution >= 4 is 41.3 Å². The highest BCUT2D eigenvalue weighted by atomic mass is 16.7. The summed E-state index contributed by atoms with van der Waals surface area (Å²) in [4.78, 5) is 72.2. The Morgan fingerprint density at radius 1 is 0.933 bits per heavy atom. The lowest BCUT2D eigenvalue weighted by Crippen LogP contribution is -2.61. The lowest BCUT2D eigenvalue weighted by molar-refractivity contribution is -0.271. The van der Waals surface area contributed by atoms with Crippen molar-refractivity contribution < 1.29 is 63.4 Å². The minimum Gasteiger partial charge on any atom is -0.479 e. The van der Waals surface area contributed by atoms with E-state index in [0.717, 1.165) is 4.90 Å². The number of nitrogens with one attached hydrogen (secondary N) is 2. The number of benzene rings is 1. The molecule has 6 N–H and O–H groups in total. The summed E-state index contributed by atoms with van der Waals surface area (Å²) in [5, 5.41) is 44.9. The predicted molar refractivity (Wildman–Crippen MR) is 152 cm³/mol. The van der Waals surface area contributed by atoms with Gasteiger partial charge in [0.1, 0.15) is 30.7 Å². The third kappa shape index (κ3) is 10.1. The van der Waals surface area contributed by atoms with Gasteiger partial charge in [0.25, 0.3) is 11.8 Å². The number of carboxylic acids is 1. The van der Waals surface area contributed by atoms with Crippen molar-refractivity contribution in [2.24, 2.45) is 0 Å². The van der Waals surface area contributed by atoms with Gasteiger partial charge in [-0.25, -0.2) is 4.79 Å². The van der Waals surface area contributed by atoms with Gasteiger partial charge in [0.2, 0.25) is 18.1 Å². The zero-order valence-electron chi connectivity index (χ0n) is 24.5. The number of anilines is 1. The van der Waals surface area contributed by atoms with Crippen LogP contribution >= 0.6 is 0 Å². The molecule has 1 aromatic carbocycles. The predicted octanol–water partition coefficient (Wildman–Crippen LogP) is -0.659. The minimum absolute atomic E-state index is 0.00800. The van der Waals surface area contributed by atoms with Crippen molar-refractivity contribution in [2.75, 3.05) is 18.4 Å². The molecule has 5 unspecified atom stereocenters. The van der Waals surface area contributed by atoms with E-state index >= 15 is 0 Å². The van der Waals surface area contributed by atoms with E-state index in [-0.39, 0.29) is 68.1 Å². The Morgan fingerprint density at radius 2 is 1.64 bits per heavy atom. The van der Waals surface area contributed by atoms with Gasteiger partial charge in [-0.05, 0) is 30.5 Å². The van der Waals surface area contributed by atoms with Crippen molar-refractivity contribution in [2.45, 2.75) is 82.8 Å². The molecule has 0 aromatic heterocycles. The van der Waals surface area contributed by atoms with E-state index in [4.69, 9.17) is 14.2 Å².